The van der Waals surface area contributed by atoms with Gasteiger partial charge in [0.2, 0.25) is 5.89 Å². The SMILES string of the molecule is c1ccc(-c2cnc(-c3ccccc3)o2)cc1.c1ccc(-c2ncoc2-c2ccccc2)cc1. The molecule has 164 valence electrons. The van der Waals surface area contributed by atoms with Crippen molar-refractivity contribution in [3.8, 4) is 45.4 Å². The van der Waals surface area contributed by atoms with Gasteiger partial charge in [-0.05, 0) is 12.1 Å². The summed E-state index contributed by atoms with van der Waals surface area (Å²) in [7, 11) is 0. The molecule has 0 amide bonds. The minimum Gasteiger partial charge on any atom is -0.443 e. The van der Waals surface area contributed by atoms with Crippen molar-refractivity contribution in [1.82, 2.24) is 9.97 Å². The molecule has 0 fully saturated rings. The zero-order chi connectivity index (χ0) is 23.0. The van der Waals surface area contributed by atoms with Crippen LogP contribution in [-0.4, -0.2) is 9.97 Å². The Morgan fingerprint density at radius 3 is 1.56 bits per heavy atom. The minimum absolute atomic E-state index is 0.657. The molecule has 0 bridgehead atoms. The van der Waals surface area contributed by atoms with Gasteiger partial charge >= 0.3 is 0 Å². The van der Waals surface area contributed by atoms with Gasteiger partial charge in [0, 0.05) is 22.3 Å². The second-order valence-electron chi connectivity index (χ2n) is 7.52. The molecule has 0 aliphatic heterocycles. The third-order valence-electron chi connectivity index (χ3n) is 5.24. The molecule has 0 spiro atoms. The van der Waals surface area contributed by atoms with Gasteiger partial charge in [-0.25, -0.2) is 9.97 Å². The Bertz CT molecular complexity index is 1320. The van der Waals surface area contributed by atoms with E-state index in [1.54, 1.807) is 6.20 Å². The normalized spacial score (nSPS) is 10.4. The molecule has 0 saturated heterocycles. The van der Waals surface area contributed by atoms with Crippen molar-refractivity contribution in [1.29, 1.82) is 0 Å². The monoisotopic (exact) mass is 442 g/mol. The first kappa shape index (κ1) is 21.2. The van der Waals surface area contributed by atoms with Gasteiger partial charge in [-0.15, -0.1) is 0 Å². The number of aromatic nitrogens is 2. The molecule has 0 atom stereocenters. The van der Waals surface area contributed by atoms with Crippen LogP contribution in [0.15, 0.2) is 143 Å². The van der Waals surface area contributed by atoms with Crippen molar-refractivity contribution in [2.24, 2.45) is 0 Å². The average Bonchev–Trinajstić information content (AvgIpc) is 3.62. The second kappa shape index (κ2) is 10.3. The summed E-state index contributed by atoms with van der Waals surface area (Å²) in [4.78, 5) is 8.59. The summed E-state index contributed by atoms with van der Waals surface area (Å²) in [6.45, 7) is 0. The molecule has 34 heavy (non-hydrogen) atoms. The van der Waals surface area contributed by atoms with E-state index in [2.05, 4.69) is 9.97 Å². The van der Waals surface area contributed by atoms with E-state index < -0.39 is 0 Å². The van der Waals surface area contributed by atoms with Crippen LogP contribution in [0, 0.1) is 0 Å². The van der Waals surface area contributed by atoms with E-state index >= 15 is 0 Å². The van der Waals surface area contributed by atoms with E-state index in [4.69, 9.17) is 8.83 Å². The summed E-state index contributed by atoms with van der Waals surface area (Å²) in [6.07, 6.45) is 3.25. The maximum atomic E-state index is 5.74. The molecule has 2 heterocycles. The lowest BCUT2D eigenvalue weighted by Gasteiger charge is -2.00. The van der Waals surface area contributed by atoms with Crippen LogP contribution in [0.25, 0.3) is 45.4 Å². The van der Waals surface area contributed by atoms with Crippen molar-refractivity contribution < 1.29 is 8.83 Å². The lowest BCUT2D eigenvalue weighted by molar-refractivity contribution is 0.572. The van der Waals surface area contributed by atoms with Crippen molar-refractivity contribution in [2.75, 3.05) is 0 Å². The number of oxazole rings is 2. The van der Waals surface area contributed by atoms with Gasteiger partial charge in [-0.3, -0.25) is 0 Å². The summed E-state index contributed by atoms with van der Waals surface area (Å²) in [5.74, 6) is 2.27. The molecule has 2 aromatic heterocycles. The van der Waals surface area contributed by atoms with Gasteiger partial charge in [0.1, 0.15) is 5.69 Å². The zero-order valence-electron chi connectivity index (χ0n) is 18.4. The Balaban J connectivity index is 0.000000142. The summed E-state index contributed by atoms with van der Waals surface area (Å²) in [5, 5.41) is 0. The lowest BCUT2D eigenvalue weighted by atomic mass is 10.1. The summed E-state index contributed by atoms with van der Waals surface area (Å²) in [6, 6.07) is 39.9. The molecule has 4 aromatic carbocycles. The van der Waals surface area contributed by atoms with E-state index in [1.165, 1.54) is 6.39 Å². The first-order valence-electron chi connectivity index (χ1n) is 11.0. The van der Waals surface area contributed by atoms with Crippen LogP contribution < -0.4 is 0 Å². The number of rotatable bonds is 4. The first-order valence-corrected chi connectivity index (χ1v) is 11.0. The quantitative estimate of drug-likeness (QED) is 0.277. The highest BCUT2D eigenvalue weighted by atomic mass is 16.4. The topological polar surface area (TPSA) is 52.1 Å². The van der Waals surface area contributed by atoms with Crippen molar-refractivity contribution >= 4 is 0 Å². The third kappa shape index (κ3) is 4.87. The molecular formula is C30H22N2O2. The highest BCUT2D eigenvalue weighted by Gasteiger charge is 2.11. The Kier molecular flexibility index (Phi) is 6.40. The van der Waals surface area contributed by atoms with Crippen LogP contribution in [0.4, 0.5) is 0 Å². The van der Waals surface area contributed by atoms with E-state index in [0.717, 1.165) is 39.5 Å². The van der Waals surface area contributed by atoms with E-state index in [-0.39, 0.29) is 0 Å². The number of benzene rings is 4. The smallest absolute Gasteiger partial charge is 0.226 e. The number of nitrogens with zero attached hydrogens (tertiary/aromatic N) is 2. The molecule has 0 radical (unpaired) electrons. The molecule has 0 saturated carbocycles. The van der Waals surface area contributed by atoms with E-state index in [0.29, 0.717) is 5.89 Å². The van der Waals surface area contributed by atoms with Gasteiger partial charge in [-0.1, -0.05) is 109 Å². The Labute approximate surface area is 198 Å². The largest absolute Gasteiger partial charge is 0.443 e. The molecule has 0 N–H and O–H groups in total. The fourth-order valence-corrected chi connectivity index (χ4v) is 3.57. The van der Waals surface area contributed by atoms with Crippen LogP contribution in [0.5, 0.6) is 0 Å². The van der Waals surface area contributed by atoms with Crippen LogP contribution in [-0.2, 0) is 0 Å². The second-order valence-corrected chi connectivity index (χ2v) is 7.52. The Morgan fingerprint density at radius 2 is 0.971 bits per heavy atom. The van der Waals surface area contributed by atoms with Gasteiger partial charge in [0.05, 0.1) is 6.20 Å². The van der Waals surface area contributed by atoms with Gasteiger partial charge < -0.3 is 8.83 Å². The van der Waals surface area contributed by atoms with E-state index in [9.17, 15) is 0 Å². The summed E-state index contributed by atoms with van der Waals surface area (Å²) in [5.41, 5.74) is 5.04. The lowest BCUT2D eigenvalue weighted by Crippen LogP contribution is -1.81. The molecule has 4 nitrogen and oxygen atoms in total. The van der Waals surface area contributed by atoms with Crippen LogP contribution in [0.3, 0.4) is 0 Å². The number of hydrogen-bond acceptors (Lipinski definition) is 4. The molecule has 6 aromatic rings. The van der Waals surface area contributed by atoms with Gasteiger partial charge in [-0.2, -0.15) is 0 Å². The van der Waals surface area contributed by atoms with Gasteiger partial charge in [0.25, 0.3) is 0 Å². The summed E-state index contributed by atoms with van der Waals surface area (Å²) < 4.78 is 11.2. The summed E-state index contributed by atoms with van der Waals surface area (Å²) >= 11 is 0. The Morgan fingerprint density at radius 1 is 0.471 bits per heavy atom. The van der Waals surface area contributed by atoms with Crippen LogP contribution in [0.1, 0.15) is 0 Å². The van der Waals surface area contributed by atoms with Crippen molar-refractivity contribution in [2.45, 2.75) is 0 Å². The van der Waals surface area contributed by atoms with Gasteiger partial charge in [0.15, 0.2) is 17.9 Å². The highest BCUT2D eigenvalue weighted by molar-refractivity contribution is 5.76. The highest BCUT2D eigenvalue weighted by Crippen LogP contribution is 2.30. The Hall–Kier alpha value is -4.70. The fourth-order valence-electron chi connectivity index (χ4n) is 3.57. The number of hydrogen-bond donors (Lipinski definition) is 0. The molecule has 4 heteroatoms. The minimum atomic E-state index is 0.657. The predicted octanol–water partition coefficient (Wildman–Crippen LogP) is 8.02. The molecule has 0 unspecified atom stereocenters. The standard InChI is InChI=1S/2C15H11NO/c1-3-7-12(8-4-1)14-15(17-11-16-14)13-9-5-2-6-10-13;1-3-7-12(8-4-1)14-11-16-15(17-14)13-9-5-2-6-10-13/h2*1-11H. The van der Waals surface area contributed by atoms with E-state index in [1.807, 2.05) is 121 Å². The maximum Gasteiger partial charge on any atom is 0.226 e. The molecule has 0 aliphatic rings. The van der Waals surface area contributed by atoms with Crippen molar-refractivity contribution in [3.63, 3.8) is 0 Å². The molecular weight excluding hydrogens is 420 g/mol. The third-order valence-corrected chi connectivity index (χ3v) is 5.24. The predicted molar refractivity (Wildman–Crippen MR) is 135 cm³/mol. The van der Waals surface area contributed by atoms with Crippen LogP contribution in [0.2, 0.25) is 0 Å². The maximum absolute atomic E-state index is 5.74. The average molecular weight is 443 g/mol. The van der Waals surface area contributed by atoms with Crippen LogP contribution >= 0.6 is 0 Å². The van der Waals surface area contributed by atoms with Crippen molar-refractivity contribution in [3.05, 3.63) is 134 Å². The molecule has 0 aliphatic carbocycles. The fraction of sp³-hybridized carbons (Fsp3) is 0. The zero-order valence-corrected chi connectivity index (χ0v) is 18.4. The molecule has 6 rings (SSSR count). The first-order chi connectivity index (χ1) is 16.9.